The maximum Gasteiger partial charge on any atom is 0.319 e. The van der Waals surface area contributed by atoms with E-state index in [4.69, 9.17) is 4.74 Å². The first-order valence-corrected chi connectivity index (χ1v) is 7.95. The van der Waals surface area contributed by atoms with E-state index < -0.39 is 40.6 Å². The zero-order valence-electron chi connectivity index (χ0n) is 14.4. The molecule has 3 aromatic rings. The van der Waals surface area contributed by atoms with Crippen molar-refractivity contribution in [1.82, 2.24) is 15.5 Å². The van der Waals surface area contributed by atoms with Gasteiger partial charge in [0.05, 0.1) is 18.9 Å². The van der Waals surface area contributed by atoms with Crippen LogP contribution in [0.5, 0.6) is 5.75 Å². The molecule has 1 aromatic heterocycles. The molecule has 0 fully saturated rings. The van der Waals surface area contributed by atoms with Gasteiger partial charge in [-0.2, -0.15) is 5.10 Å². The first kappa shape index (κ1) is 19.2. The number of rotatable bonds is 5. The van der Waals surface area contributed by atoms with Crippen LogP contribution in [-0.2, 0) is 6.54 Å². The van der Waals surface area contributed by atoms with Crippen LogP contribution >= 0.6 is 0 Å². The van der Waals surface area contributed by atoms with E-state index >= 15 is 0 Å². The van der Waals surface area contributed by atoms with Gasteiger partial charge in [0.25, 0.3) is 0 Å². The molecule has 0 spiro atoms. The Hall–Kier alpha value is -3.56. The number of urea groups is 1. The Morgan fingerprint density at radius 2 is 1.86 bits per heavy atom. The second-order valence-electron chi connectivity index (χ2n) is 5.65. The molecule has 10 heteroatoms. The van der Waals surface area contributed by atoms with Crippen molar-refractivity contribution in [1.29, 1.82) is 0 Å². The molecule has 146 valence electrons. The molecule has 0 aliphatic heterocycles. The van der Waals surface area contributed by atoms with Crippen LogP contribution < -0.4 is 15.4 Å². The number of amides is 2. The molecule has 2 amide bonds. The summed E-state index contributed by atoms with van der Waals surface area (Å²) >= 11 is 0. The van der Waals surface area contributed by atoms with Crippen molar-refractivity contribution < 1.29 is 27.1 Å². The van der Waals surface area contributed by atoms with Crippen molar-refractivity contribution in [3.05, 3.63) is 65.5 Å². The quantitative estimate of drug-likeness (QED) is 0.453. The van der Waals surface area contributed by atoms with E-state index in [1.807, 2.05) is 0 Å². The molecular weight excluding hydrogens is 380 g/mol. The van der Waals surface area contributed by atoms with Crippen molar-refractivity contribution in [2.24, 2.45) is 0 Å². The maximum absolute atomic E-state index is 14.2. The lowest BCUT2D eigenvalue weighted by atomic mass is 10.1. The van der Waals surface area contributed by atoms with E-state index in [1.54, 1.807) is 29.6 Å². The number of halogens is 4. The summed E-state index contributed by atoms with van der Waals surface area (Å²) in [4.78, 5) is 11.9. The number of methoxy groups -OCH3 is 1. The van der Waals surface area contributed by atoms with E-state index in [2.05, 4.69) is 15.5 Å². The Kier molecular flexibility index (Phi) is 5.48. The van der Waals surface area contributed by atoms with Crippen molar-refractivity contribution in [3.63, 3.8) is 0 Å². The summed E-state index contributed by atoms with van der Waals surface area (Å²) in [5.41, 5.74) is -1.69. The minimum atomic E-state index is -1.73. The zero-order chi connectivity index (χ0) is 20.3. The van der Waals surface area contributed by atoms with Crippen molar-refractivity contribution >= 4 is 11.7 Å². The van der Waals surface area contributed by atoms with Crippen molar-refractivity contribution in [3.8, 4) is 16.9 Å². The number of aromatic amines is 1. The third-order valence-electron chi connectivity index (χ3n) is 3.88. The molecule has 0 aliphatic carbocycles. The number of nitrogens with zero attached hydrogens (tertiary/aromatic N) is 1. The minimum absolute atomic E-state index is 0.00958. The predicted molar refractivity (Wildman–Crippen MR) is 92.7 cm³/mol. The summed E-state index contributed by atoms with van der Waals surface area (Å²) in [6.45, 7) is -0.00958. The number of carbonyl (C=O) groups is 1. The molecule has 6 nitrogen and oxygen atoms in total. The van der Waals surface area contributed by atoms with Gasteiger partial charge in [-0.3, -0.25) is 5.10 Å². The van der Waals surface area contributed by atoms with Crippen molar-refractivity contribution in [2.75, 3.05) is 12.4 Å². The SMILES string of the molecule is COc1cccc(CNC(=O)Nc2c(F)c(F)c(-c3cn[nH]c3)c(F)c2F)c1. The Morgan fingerprint density at radius 3 is 2.46 bits per heavy atom. The molecule has 0 saturated heterocycles. The molecule has 0 saturated carbocycles. The highest BCUT2D eigenvalue weighted by atomic mass is 19.2. The average molecular weight is 394 g/mol. The van der Waals surface area contributed by atoms with Crippen LogP contribution in [0.1, 0.15) is 5.56 Å². The summed E-state index contributed by atoms with van der Waals surface area (Å²) < 4.78 is 62.0. The number of carbonyl (C=O) groups excluding carboxylic acids is 1. The molecular formula is C18H14F4N4O2. The third-order valence-corrected chi connectivity index (χ3v) is 3.88. The van der Waals surface area contributed by atoms with Crippen LogP contribution in [0.2, 0.25) is 0 Å². The van der Waals surface area contributed by atoms with Gasteiger partial charge in [-0.25, -0.2) is 22.4 Å². The van der Waals surface area contributed by atoms with Gasteiger partial charge in [-0.15, -0.1) is 0 Å². The molecule has 0 aliphatic rings. The van der Waals surface area contributed by atoms with Crippen LogP contribution in [0.4, 0.5) is 28.0 Å². The minimum Gasteiger partial charge on any atom is -0.497 e. The van der Waals surface area contributed by atoms with Crippen molar-refractivity contribution in [2.45, 2.75) is 6.54 Å². The highest BCUT2D eigenvalue weighted by Crippen LogP contribution is 2.34. The highest BCUT2D eigenvalue weighted by Gasteiger charge is 2.27. The summed E-state index contributed by atoms with van der Waals surface area (Å²) in [6, 6.07) is 5.66. The Labute approximate surface area is 156 Å². The molecule has 3 N–H and O–H groups in total. The first-order chi connectivity index (χ1) is 13.4. The fraction of sp³-hybridized carbons (Fsp3) is 0.111. The largest absolute Gasteiger partial charge is 0.497 e. The number of aromatic nitrogens is 2. The standard InChI is InChI=1S/C18H14F4N4O2/c1-28-11-4-2-3-9(5-11)6-23-18(27)26-17-15(21)13(19)12(14(20)16(17)22)10-7-24-25-8-10/h2-5,7-8H,6H2,1H3,(H,24,25)(H2,23,26,27). The Morgan fingerprint density at radius 1 is 1.14 bits per heavy atom. The monoisotopic (exact) mass is 394 g/mol. The second-order valence-corrected chi connectivity index (χ2v) is 5.65. The van der Waals surface area contributed by atoms with Gasteiger partial charge in [0, 0.05) is 18.3 Å². The molecule has 0 radical (unpaired) electrons. The van der Waals surface area contributed by atoms with Gasteiger partial charge in [0.15, 0.2) is 23.3 Å². The molecule has 3 rings (SSSR count). The number of benzene rings is 2. The van der Waals surface area contributed by atoms with Gasteiger partial charge < -0.3 is 15.4 Å². The van der Waals surface area contributed by atoms with E-state index in [-0.39, 0.29) is 12.1 Å². The molecule has 28 heavy (non-hydrogen) atoms. The highest BCUT2D eigenvalue weighted by molar-refractivity contribution is 5.90. The van der Waals surface area contributed by atoms with E-state index in [0.717, 1.165) is 12.4 Å². The number of ether oxygens (including phenoxy) is 1. The average Bonchev–Trinajstić information content (AvgIpc) is 3.23. The van der Waals surface area contributed by atoms with Crippen LogP contribution in [-0.4, -0.2) is 23.3 Å². The molecule has 0 atom stereocenters. The molecule has 0 bridgehead atoms. The smallest absolute Gasteiger partial charge is 0.319 e. The fourth-order valence-corrected chi connectivity index (χ4v) is 2.50. The van der Waals surface area contributed by atoms with E-state index in [9.17, 15) is 22.4 Å². The summed E-state index contributed by atoms with van der Waals surface area (Å²) in [5, 5.41) is 9.91. The topological polar surface area (TPSA) is 79.0 Å². The third kappa shape index (κ3) is 3.75. The molecule has 2 aromatic carbocycles. The summed E-state index contributed by atoms with van der Waals surface area (Å²) in [7, 11) is 1.47. The molecule has 1 heterocycles. The Balaban J connectivity index is 1.79. The maximum atomic E-state index is 14.2. The van der Waals surface area contributed by atoms with Gasteiger partial charge in [-0.05, 0) is 17.7 Å². The predicted octanol–water partition coefficient (Wildman–Crippen LogP) is 3.96. The van der Waals surface area contributed by atoms with Gasteiger partial charge in [0.2, 0.25) is 0 Å². The normalized spacial score (nSPS) is 10.6. The second kappa shape index (κ2) is 7.99. The first-order valence-electron chi connectivity index (χ1n) is 7.95. The van der Waals surface area contributed by atoms with E-state index in [1.165, 1.54) is 7.11 Å². The number of nitrogens with one attached hydrogen (secondary N) is 3. The van der Waals surface area contributed by atoms with Crippen LogP contribution in [0.25, 0.3) is 11.1 Å². The molecule has 0 unspecified atom stereocenters. The van der Waals surface area contributed by atoms with Crippen LogP contribution in [0, 0.1) is 23.3 Å². The number of hydrogen-bond donors (Lipinski definition) is 3. The lowest BCUT2D eigenvalue weighted by molar-refractivity contribution is 0.251. The summed E-state index contributed by atoms with van der Waals surface area (Å²) in [6.07, 6.45) is 2.09. The fourth-order valence-electron chi connectivity index (χ4n) is 2.50. The van der Waals surface area contributed by atoms with Gasteiger partial charge in [-0.1, -0.05) is 12.1 Å². The lowest BCUT2D eigenvalue weighted by Crippen LogP contribution is -2.29. The van der Waals surface area contributed by atoms with Gasteiger partial charge in [0.1, 0.15) is 11.4 Å². The number of H-pyrrole nitrogens is 1. The van der Waals surface area contributed by atoms with Gasteiger partial charge >= 0.3 is 6.03 Å². The zero-order valence-corrected chi connectivity index (χ0v) is 14.4. The van der Waals surface area contributed by atoms with Crippen LogP contribution in [0.3, 0.4) is 0 Å². The lowest BCUT2D eigenvalue weighted by Gasteiger charge is -2.13. The van der Waals surface area contributed by atoms with E-state index in [0.29, 0.717) is 11.3 Å². The Bertz CT molecular complexity index is 980. The number of anilines is 1. The van der Waals surface area contributed by atoms with Crippen LogP contribution in [0.15, 0.2) is 36.7 Å². The number of hydrogen-bond acceptors (Lipinski definition) is 3. The summed E-state index contributed by atoms with van der Waals surface area (Å²) in [5.74, 6) is -6.21.